The second-order valence-electron chi connectivity index (χ2n) is 5.51. The summed E-state index contributed by atoms with van der Waals surface area (Å²) in [5.74, 6) is 0.104. The second-order valence-corrected chi connectivity index (χ2v) is 5.51. The Bertz CT molecular complexity index is 523. The summed E-state index contributed by atoms with van der Waals surface area (Å²) in [6.07, 6.45) is 2.53. The molecule has 0 saturated carbocycles. The van der Waals surface area contributed by atoms with Crippen molar-refractivity contribution in [1.82, 2.24) is 5.32 Å². The Morgan fingerprint density at radius 2 is 1.43 bits per heavy atom. The highest BCUT2D eigenvalue weighted by Crippen LogP contribution is 2.29. The number of carbonyl (C=O) groups excluding carboxylic acids is 1. The molecule has 0 unspecified atom stereocenters. The van der Waals surface area contributed by atoms with Gasteiger partial charge in [0.1, 0.15) is 0 Å². The van der Waals surface area contributed by atoms with Crippen LogP contribution in [0.1, 0.15) is 44.2 Å². The molecule has 2 nitrogen and oxygen atoms in total. The zero-order valence-corrected chi connectivity index (χ0v) is 12.8. The highest BCUT2D eigenvalue weighted by atomic mass is 16.1. The Morgan fingerprint density at radius 3 is 1.86 bits per heavy atom. The maximum absolute atomic E-state index is 12.3. The van der Waals surface area contributed by atoms with E-state index in [1.165, 1.54) is 0 Å². The highest BCUT2D eigenvalue weighted by molar-refractivity contribution is 5.77. The van der Waals surface area contributed by atoms with Crippen molar-refractivity contribution in [2.24, 2.45) is 0 Å². The van der Waals surface area contributed by atoms with E-state index in [0.29, 0.717) is 6.42 Å². The molecule has 0 heterocycles. The molecule has 2 aromatic carbocycles. The van der Waals surface area contributed by atoms with Crippen molar-refractivity contribution in [1.29, 1.82) is 0 Å². The fraction of sp³-hybridized carbons (Fsp3) is 0.316. The molecule has 0 fully saturated rings. The van der Waals surface area contributed by atoms with Gasteiger partial charge in [0.2, 0.25) is 5.91 Å². The third-order valence-corrected chi connectivity index (χ3v) is 3.85. The zero-order valence-electron chi connectivity index (χ0n) is 12.8. The standard InChI is InChI=1S/C19H23NO/c1-3-4-15-18(21)20-19(2,16-11-7-5-8-12-16)17-13-9-6-10-14-17/h5-14H,3-4,15H2,1-2H3,(H,20,21). The molecule has 0 aromatic heterocycles. The Kier molecular flexibility index (Phi) is 5.15. The first-order valence-electron chi connectivity index (χ1n) is 7.59. The van der Waals surface area contributed by atoms with Gasteiger partial charge in [0.25, 0.3) is 0 Å². The van der Waals surface area contributed by atoms with Gasteiger partial charge in [-0.05, 0) is 24.5 Å². The molecule has 0 radical (unpaired) electrons. The average Bonchev–Trinajstić information content (AvgIpc) is 2.54. The molecule has 1 N–H and O–H groups in total. The van der Waals surface area contributed by atoms with Crippen LogP contribution in [-0.2, 0) is 10.3 Å². The van der Waals surface area contributed by atoms with Crippen LogP contribution in [0, 0.1) is 0 Å². The summed E-state index contributed by atoms with van der Waals surface area (Å²) in [7, 11) is 0. The van der Waals surface area contributed by atoms with Gasteiger partial charge in [-0.3, -0.25) is 4.79 Å². The predicted molar refractivity (Wildman–Crippen MR) is 87.0 cm³/mol. The van der Waals surface area contributed by atoms with Crippen molar-refractivity contribution < 1.29 is 4.79 Å². The van der Waals surface area contributed by atoms with Gasteiger partial charge in [-0.2, -0.15) is 0 Å². The molecule has 0 atom stereocenters. The lowest BCUT2D eigenvalue weighted by Gasteiger charge is -2.32. The minimum atomic E-state index is -0.493. The SMILES string of the molecule is CCCCC(=O)NC(C)(c1ccccc1)c1ccccc1. The van der Waals surface area contributed by atoms with E-state index < -0.39 is 5.54 Å². The quantitative estimate of drug-likeness (QED) is 0.842. The second kappa shape index (κ2) is 7.07. The Hall–Kier alpha value is -2.09. The first-order chi connectivity index (χ1) is 10.2. The molecule has 0 spiro atoms. The molecule has 2 aromatic rings. The normalized spacial score (nSPS) is 11.1. The Balaban J connectivity index is 2.33. The molecule has 21 heavy (non-hydrogen) atoms. The van der Waals surface area contributed by atoms with Crippen molar-refractivity contribution >= 4 is 5.91 Å². The molecule has 110 valence electrons. The summed E-state index contributed by atoms with van der Waals surface area (Å²) >= 11 is 0. The number of benzene rings is 2. The van der Waals surface area contributed by atoms with E-state index in [-0.39, 0.29) is 5.91 Å². The zero-order chi connectivity index (χ0) is 15.1. The largest absolute Gasteiger partial charge is 0.343 e. The molecule has 1 amide bonds. The van der Waals surface area contributed by atoms with Crippen LogP contribution >= 0.6 is 0 Å². The monoisotopic (exact) mass is 281 g/mol. The van der Waals surface area contributed by atoms with E-state index in [1.54, 1.807) is 0 Å². The van der Waals surface area contributed by atoms with Gasteiger partial charge in [-0.1, -0.05) is 74.0 Å². The summed E-state index contributed by atoms with van der Waals surface area (Å²) < 4.78 is 0. The lowest BCUT2D eigenvalue weighted by molar-refractivity contribution is -0.122. The third-order valence-electron chi connectivity index (χ3n) is 3.85. The van der Waals surface area contributed by atoms with E-state index >= 15 is 0 Å². The molecule has 2 rings (SSSR count). The molecule has 0 aliphatic heterocycles. The van der Waals surface area contributed by atoms with Crippen molar-refractivity contribution in [3.05, 3.63) is 71.8 Å². The van der Waals surface area contributed by atoms with Gasteiger partial charge < -0.3 is 5.32 Å². The van der Waals surface area contributed by atoms with Gasteiger partial charge in [-0.25, -0.2) is 0 Å². The molecule has 0 aliphatic carbocycles. The van der Waals surface area contributed by atoms with Crippen LogP contribution in [0.15, 0.2) is 60.7 Å². The van der Waals surface area contributed by atoms with Crippen LogP contribution in [-0.4, -0.2) is 5.91 Å². The van der Waals surface area contributed by atoms with Gasteiger partial charge >= 0.3 is 0 Å². The minimum absolute atomic E-state index is 0.104. The van der Waals surface area contributed by atoms with Crippen molar-refractivity contribution in [3.8, 4) is 0 Å². The molecule has 0 saturated heterocycles. The van der Waals surface area contributed by atoms with Crippen LogP contribution in [0.4, 0.5) is 0 Å². The highest BCUT2D eigenvalue weighted by Gasteiger charge is 2.30. The van der Waals surface area contributed by atoms with E-state index in [2.05, 4.69) is 43.4 Å². The topological polar surface area (TPSA) is 29.1 Å². The number of rotatable bonds is 6. The van der Waals surface area contributed by atoms with E-state index in [1.807, 2.05) is 36.4 Å². The fourth-order valence-electron chi connectivity index (χ4n) is 2.53. The average molecular weight is 281 g/mol. The van der Waals surface area contributed by atoms with Gasteiger partial charge in [-0.15, -0.1) is 0 Å². The van der Waals surface area contributed by atoms with Crippen LogP contribution in [0.25, 0.3) is 0 Å². The number of unbranched alkanes of at least 4 members (excludes halogenated alkanes) is 1. The Morgan fingerprint density at radius 1 is 0.952 bits per heavy atom. The van der Waals surface area contributed by atoms with Crippen molar-refractivity contribution in [2.45, 2.75) is 38.6 Å². The van der Waals surface area contributed by atoms with Crippen LogP contribution in [0.2, 0.25) is 0 Å². The van der Waals surface area contributed by atoms with E-state index in [0.717, 1.165) is 24.0 Å². The lowest BCUT2D eigenvalue weighted by Crippen LogP contribution is -2.44. The molecule has 0 aliphatic rings. The summed E-state index contributed by atoms with van der Waals surface area (Å²) in [6.45, 7) is 4.17. The third kappa shape index (κ3) is 3.72. The fourth-order valence-corrected chi connectivity index (χ4v) is 2.53. The van der Waals surface area contributed by atoms with Crippen LogP contribution in [0.5, 0.6) is 0 Å². The van der Waals surface area contributed by atoms with Gasteiger partial charge in [0.15, 0.2) is 0 Å². The van der Waals surface area contributed by atoms with Gasteiger partial charge in [0, 0.05) is 6.42 Å². The molecule has 2 heteroatoms. The van der Waals surface area contributed by atoms with E-state index in [9.17, 15) is 4.79 Å². The summed E-state index contributed by atoms with van der Waals surface area (Å²) in [5.41, 5.74) is 1.70. The number of hydrogen-bond donors (Lipinski definition) is 1. The first-order valence-corrected chi connectivity index (χ1v) is 7.59. The number of hydrogen-bond acceptors (Lipinski definition) is 1. The van der Waals surface area contributed by atoms with Crippen LogP contribution in [0.3, 0.4) is 0 Å². The predicted octanol–water partition coefficient (Wildman–Crippen LogP) is 4.26. The number of nitrogens with one attached hydrogen (secondary N) is 1. The Labute approximate surface area is 127 Å². The van der Waals surface area contributed by atoms with Crippen LogP contribution < -0.4 is 5.32 Å². The van der Waals surface area contributed by atoms with Gasteiger partial charge in [0.05, 0.1) is 5.54 Å². The molecular formula is C19H23NO. The maximum atomic E-state index is 12.3. The first kappa shape index (κ1) is 15.3. The van der Waals surface area contributed by atoms with E-state index in [4.69, 9.17) is 0 Å². The maximum Gasteiger partial charge on any atom is 0.220 e. The van der Waals surface area contributed by atoms with Crippen molar-refractivity contribution in [3.63, 3.8) is 0 Å². The molecular weight excluding hydrogens is 258 g/mol. The smallest absolute Gasteiger partial charge is 0.220 e. The summed E-state index contributed by atoms with van der Waals surface area (Å²) in [5, 5.41) is 3.22. The minimum Gasteiger partial charge on any atom is -0.343 e. The summed E-state index contributed by atoms with van der Waals surface area (Å²) in [6, 6.07) is 20.3. The van der Waals surface area contributed by atoms with Crippen molar-refractivity contribution in [2.75, 3.05) is 0 Å². The molecule has 0 bridgehead atoms. The summed E-state index contributed by atoms with van der Waals surface area (Å²) in [4.78, 5) is 12.3. The number of carbonyl (C=O) groups is 1. The number of amides is 1. The lowest BCUT2D eigenvalue weighted by atomic mass is 9.84.